The number of nitrogens with one attached hydrogen (secondary N) is 1. The number of benzene rings is 1. The summed E-state index contributed by atoms with van der Waals surface area (Å²) >= 11 is 0. The van der Waals surface area contributed by atoms with Crippen LogP contribution in [0.5, 0.6) is 0 Å². The second-order valence-electron chi connectivity index (χ2n) is 4.51. The lowest BCUT2D eigenvalue weighted by atomic mass is 10.1. The molecule has 21 heavy (non-hydrogen) atoms. The van der Waals surface area contributed by atoms with Crippen LogP contribution in [-0.4, -0.2) is 29.0 Å². The third kappa shape index (κ3) is 3.11. The summed E-state index contributed by atoms with van der Waals surface area (Å²) in [6.45, 7) is 1.50. The molecule has 112 valence electrons. The van der Waals surface area contributed by atoms with Gasteiger partial charge >= 0.3 is 5.97 Å². The molecule has 0 amide bonds. The van der Waals surface area contributed by atoms with Gasteiger partial charge in [-0.25, -0.2) is 22.9 Å². The molecule has 0 radical (unpaired) electrons. The van der Waals surface area contributed by atoms with Crippen LogP contribution in [0.2, 0.25) is 0 Å². The van der Waals surface area contributed by atoms with Crippen LogP contribution in [0.4, 0.5) is 0 Å². The number of imidazole rings is 1. The van der Waals surface area contributed by atoms with Gasteiger partial charge in [0.1, 0.15) is 5.82 Å². The number of aromatic nitrogens is 2. The molecule has 0 saturated heterocycles. The summed E-state index contributed by atoms with van der Waals surface area (Å²) in [6.07, 6.45) is 3.28. The Hall–Kier alpha value is -2.19. The monoisotopic (exact) mass is 309 g/mol. The number of rotatable bonds is 5. The van der Waals surface area contributed by atoms with Gasteiger partial charge in [-0.05, 0) is 24.6 Å². The molecule has 2 rings (SSSR count). The molecule has 2 aromatic rings. The number of hydrogen-bond donors (Lipinski definition) is 2. The highest BCUT2D eigenvalue weighted by Gasteiger charge is 2.20. The first kappa shape index (κ1) is 15.2. The summed E-state index contributed by atoms with van der Waals surface area (Å²) < 4.78 is 28.7. The Bertz CT molecular complexity index is 780. The van der Waals surface area contributed by atoms with Crippen LogP contribution in [-0.2, 0) is 23.6 Å². The molecule has 0 fully saturated rings. The van der Waals surface area contributed by atoms with Crippen molar-refractivity contribution < 1.29 is 18.3 Å². The highest BCUT2D eigenvalue weighted by atomic mass is 32.2. The standard InChI is InChI=1S/C13H15N3O4S/c1-9-10(13(17)18)4-3-5-11(9)21(19,20)15-8-12-14-6-7-16(12)2/h3-7,15H,8H2,1-2H3,(H,17,18). The van der Waals surface area contributed by atoms with Gasteiger partial charge in [0, 0.05) is 19.4 Å². The number of aromatic carboxylic acids is 1. The van der Waals surface area contributed by atoms with E-state index < -0.39 is 16.0 Å². The Morgan fingerprint density at radius 3 is 2.71 bits per heavy atom. The highest BCUT2D eigenvalue weighted by Crippen LogP contribution is 2.19. The summed E-state index contributed by atoms with van der Waals surface area (Å²) in [6, 6.07) is 4.16. The quantitative estimate of drug-likeness (QED) is 0.854. The van der Waals surface area contributed by atoms with Crippen molar-refractivity contribution >= 4 is 16.0 Å². The number of carboxylic acids is 1. The molecule has 1 heterocycles. The third-order valence-corrected chi connectivity index (χ3v) is 4.69. The summed E-state index contributed by atoms with van der Waals surface area (Å²) in [4.78, 5) is 15.0. The molecule has 0 spiro atoms. The topological polar surface area (TPSA) is 101 Å². The molecule has 0 unspecified atom stereocenters. The summed E-state index contributed by atoms with van der Waals surface area (Å²) in [5, 5.41) is 9.04. The van der Waals surface area contributed by atoms with E-state index in [4.69, 9.17) is 5.11 Å². The van der Waals surface area contributed by atoms with Gasteiger partial charge in [0.15, 0.2) is 0 Å². The second-order valence-corrected chi connectivity index (χ2v) is 6.25. The Kier molecular flexibility index (Phi) is 4.10. The van der Waals surface area contributed by atoms with Crippen molar-refractivity contribution in [1.82, 2.24) is 14.3 Å². The van der Waals surface area contributed by atoms with Gasteiger partial charge in [0.05, 0.1) is 17.0 Å². The molecule has 2 N–H and O–H groups in total. The number of carbonyl (C=O) groups is 1. The van der Waals surface area contributed by atoms with Crippen molar-refractivity contribution in [2.24, 2.45) is 7.05 Å². The minimum Gasteiger partial charge on any atom is -0.478 e. The first-order chi connectivity index (χ1) is 9.83. The SMILES string of the molecule is Cc1c(C(=O)O)cccc1S(=O)(=O)NCc1nccn1C. The van der Waals surface area contributed by atoms with Crippen molar-refractivity contribution in [3.05, 3.63) is 47.5 Å². The first-order valence-electron chi connectivity index (χ1n) is 6.11. The molecule has 1 aromatic carbocycles. The fourth-order valence-electron chi connectivity index (χ4n) is 1.94. The minimum absolute atomic E-state index is 0.0303. The van der Waals surface area contributed by atoms with E-state index in [0.717, 1.165) is 0 Å². The maximum Gasteiger partial charge on any atom is 0.335 e. The van der Waals surface area contributed by atoms with Crippen molar-refractivity contribution in [2.45, 2.75) is 18.4 Å². The zero-order valence-corrected chi connectivity index (χ0v) is 12.4. The smallest absolute Gasteiger partial charge is 0.335 e. The summed E-state index contributed by atoms with van der Waals surface area (Å²) in [5.74, 6) is -0.598. The zero-order valence-electron chi connectivity index (χ0n) is 11.6. The van der Waals surface area contributed by atoms with Crippen molar-refractivity contribution in [3.63, 3.8) is 0 Å². The average molecular weight is 309 g/mol. The molecular weight excluding hydrogens is 294 g/mol. The normalized spacial score (nSPS) is 11.5. The van der Waals surface area contributed by atoms with E-state index >= 15 is 0 Å². The molecule has 0 atom stereocenters. The Labute approximate surface area is 122 Å². The van der Waals surface area contributed by atoms with E-state index in [9.17, 15) is 13.2 Å². The van der Waals surface area contributed by atoms with E-state index in [1.54, 1.807) is 24.0 Å². The van der Waals surface area contributed by atoms with Crippen LogP contribution in [0.1, 0.15) is 21.7 Å². The summed E-state index contributed by atoms with van der Waals surface area (Å²) in [5.41, 5.74) is 0.173. The van der Waals surface area contributed by atoms with Crippen LogP contribution >= 0.6 is 0 Å². The lowest BCUT2D eigenvalue weighted by Gasteiger charge is -2.11. The van der Waals surface area contributed by atoms with Gasteiger partial charge in [0.25, 0.3) is 0 Å². The fraction of sp³-hybridized carbons (Fsp3) is 0.231. The van der Waals surface area contributed by atoms with E-state index in [0.29, 0.717) is 5.82 Å². The number of aryl methyl sites for hydroxylation is 1. The van der Waals surface area contributed by atoms with E-state index in [-0.39, 0.29) is 22.6 Å². The van der Waals surface area contributed by atoms with Crippen LogP contribution in [0, 0.1) is 6.92 Å². The number of nitrogens with zero attached hydrogens (tertiary/aromatic N) is 2. The Morgan fingerprint density at radius 1 is 1.43 bits per heavy atom. The van der Waals surface area contributed by atoms with Gasteiger partial charge in [-0.1, -0.05) is 6.07 Å². The third-order valence-electron chi connectivity index (χ3n) is 3.15. The molecule has 1 aromatic heterocycles. The van der Waals surface area contributed by atoms with E-state index in [2.05, 4.69) is 9.71 Å². The molecule has 7 nitrogen and oxygen atoms in total. The maximum atomic E-state index is 12.3. The first-order valence-corrected chi connectivity index (χ1v) is 7.60. The van der Waals surface area contributed by atoms with Crippen molar-refractivity contribution in [1.29, 1.82) is 0 Å². The minimum atomic E-state index is -3.81. The largest absolute Gasteiger partial charge is 0.478 e. The van der Waals surface area contributed by atoms with Crippen LogP contribution in [0.3, 0.4) is 0 Å². The average Bonchev–Trinajstić information content (AvgIpc) is 2.82. The zero-order chi connectivity index (χ0) is 15.6. The molecule has 8 heteroatoms. The molecule has 0 bridgehead atoms. The lowest BCUT2D eigenvalue weighted by molar-refractivity contribution is 0.0696. The molecular formula is C13H15N3O4S. The number of sulfonamides is 1. The molecule has 0 aliphatic carbocycles. The van der Waals surface area contributed by atoms with Gasteiger partial charge in [0.2, 0.25) is 10.0 Å². The van der Waals surface area contributed by atoms with Gasteiger partial charge < -0.3 is 9.67 Å². The van der Waals surface area contributed by atoms with E-state index in [1.165, 1.54) is 25.1 Å². The molecule has 0 aliphatic rings. The van der Waals surface area contributed by atoms with E-state index in [1.807, 2.05) is 0 Å². The van der Waals surface area contributed by atoms with Gasteiger partial charge in [-0.3, -0.25) is 0 Å². The Balaban J connectivity index is 2.30. The van der Waals surface area contributed by atoms with Crippen molar-refractivity contribution in [3.8, 4) is 0 Å². The van der Waals surface area contributed by atoms with Gasteiger partial charge in [-0.2, -0.15) is 0 Å². The van der Waals surface area contributed by atoms with Crippen LogP contribution < -0.4 is 4.72 Å². The Morgan fingerprint density at radius 2 is 2.14 bits per heavy atom. The summed E-state index contributed by atoms with van der Waals surface area (Å²) in [7, 11) is -2.05. The second kappa shape index (κ2) is 5.66. The van der Waals surface area contributed by atoms with Gasteiger partial charge in [-0.15, -0.1) is 0 Å². The molecule has 0 saturated carbocycles. The van der Waals surface area contributed by atoms with Crippen LogP contribution in [0.25, 0.3) is 0 Å². The fourth-order valence-corrected chi connectivity index (χ4v) is 3.19. The number of hydrogen-bond acceptors (Lipinski definition) is 4. The highest BCUT2D eigenvalue weighted by molar-refractivity contribution is 7.89. The van der Waals surface area contributed by atoms with Crippen molar-refractivity contribution in [2.75, 3.05) is 0 Å². The predicted molar refractivity (Wildman–Crippen MR) is 75.4 cm³/mol. The van der Waals surface area contributed by atoms with Crippen LogP contribution in [0.15, 0.2) is 35.5 Å². The predicted octanol–water partition coefficient (Wildman–Crippen LogP) is 0.905. The maximum absolute atomic E-state index is 12.3. The lowest BCUT2D eigenvalue weighted by Crippen LogP contribution is -2.26. The number of carboxylic acid groups (broad SMARTS) is 1. The molecule has 0 aliphatic heterocycles.